The van der Waals surface area contributed by atoms with Gasteiger partial charge in [-0.25, -0.2) is 4.79 Å². The lowest BCUT2D eigenvalue weighted by atomic mass is 9.74. The van der Waals surface area contributed by atoms with Gasteiger partial charge in [0, 0.05) is 24.5 Å². The highest BCUT2D eigenvalue weighted by Crippen LogP contribution is 2.34. The Bertz CT molecular complexity index is 710. The monoisotopic (exact) mass is 508 g/mol. The first-order chi connectivity index (χ1) is 16.4. The summed E-state index contributed by atoms with van der Waals surface area (Å²) in [7, 11) is 0. The molecule has 0 spiro atoms. The SMILES string of the molecule is NC[C@@H]1O[C@H](O[C@H]2[C@H](O)[C@@H](C[C@H]3O[C@H](COC(N)=O)[C@@H](O)[C@@H](N)[C@H]3O)[C@@H](N)C[C@H]2N)[C@@H](N)C[C@H]1O. The van der Waals surface area contributed by atoms with Crippen LogP contribution >= 0.6 is 0 Å². The topological polar surface area (TPSA) is 291 Å². The first kappa shape index (κ1) is 28.4. The fraction of sp³-hybridized carbons (Fsp3) is 0.950. The zero-order valence-corrected chi connectivity index (χ0v) is 19.4. The largest absolute Gasteiger partial charge is 0.447 e. The van der Waals surface area contributed by atoms with Crippen LogP contribution in [0.2, 0.25) is 0 Å². The van der Waals surface area contributed by atoms with Crippen molar-refractivity contribution in [2.75, 3.05) is 13.2 Å². The van der Waals surface area contributed by atoms with Crippen LogP contribution in [0.5, 0.6) is 0 Å². The van der Waals surface area contributed by atoms with Crippen molar-refractivity contribution in [3.63, 3.8) is 0 Å². The molecular formula is C20H40N6O9. The molecule has 14 atom stereocenters. The molecule has 15 nitrogen and oxygen atoms in total. The number of aliphatic hydroxyl groups is 4. The first-order valence-corrected chi connectivity index (χ1v) is 11.8. The van der Waals surface area contributed by atoms with E-state index in [4.69, 9.17) is 53.3 Å². The number of carbonyl (C=O) groups excluding carboxylic acids is 1. The third-order valence-corrected chi connectivity index (χ3v) is 7.21. The number of hydrogen-bond acceptors (Lipinski definition) is 14. The van der Waals surface area contributed by atoms with E-state index >= 15 is 0 Å². The Kier molecular flexibility index (Phi) is 9.64. The van der Waals surface area contributed by atoms with Crippen LogP contribution in [0.15, 0.2) is 0 Å². The van der Waals surface area contributed by atoms with E-state index in [0.717, 1.165) is 0 Å². The van der Waals surface area contributed by atoms with Crippen molar-refractivity contribution in [1.29, 1.82) is 0 Å². The van der Waals surface area contributed by atoms with Gasteiger partial charge in [0.15, 0.2) is 6.29 Å². The Morgan fingerprint density at radius 1 is 0.857 bits per heavy atom. The van der Waals surface area contributed by atoms with Crippen molar-refractivity contribution < 1.29 is 44.2 Å². The molecule has 3 fully saturated rings. The normalized spacial score (nSPS) is 48.9. The van der Waals surface area contributed by atoms with Crippen molar-refractivity contribution in [3.05, 3.63) is 0 Å². The quantitative estimate of drug-likeness (QED) is 0.153. The molecule has 2 heterocycles. The van der Waals surface area contributed by atoms with Gasteiger partial charge in [0.05, 0.1) is 42.6 Å². The summed E-state index contributed by atoms with van der Waals surface area (Å²) in [4.78, 5) is 11.0. The lowest BCUT2D eigenvalue weighted by Crippen LogP contribution is -2.65. The molecule has 1 saturated carbocycles. The highest BCUT2D eigenvalue weighted by atomic mass is 16.7. The molecule has 1 amide bonds. The summed E-state index contributed by atoms with van der Waals surface area (Å²) in [5.74, 6) is -0.643. The molecule has 3 aliphatic rings. The van der Waals surface area contributed by atoms with Gasteiger partial charge in [0.1, 0.15) is 24.9 Å². The number of ether oxygens (including phenoxy) is 4. The second-order valence-corrected chi connectivity index (χ2v) is 9.70. The molecular weight excluding hydrogens is 468 g/mol. The molecule has 0 aromatic carbocycles. The van der Waals surface area contributed by atoms with Gasteiger partial charge in [0.25, 0.3) is 0 Å². The summed E-state index contributed by atoms with van der Waals surface area (Å²) in [6.45, 7) is -0.307. The lowest BCUT2D eigenvalue weighted by Gasteiger charge is -2.48. The van der Waals surface area contributed by atoms with E-state index in [2.05, 4.69) is 0 Å². The zero-order chi connectivity index (χ0) is 26.0. The van der Waals surface area contributed by atoms with Crippen LogP contribution in [0.1, 0.15) is 19.3 Å². The summed E-state index contributed by atoms with van der Waals surface area (Å²) in [5, 5.41) is 42.1. The Morgan fingerprint density at radius 3 is 2.14 bits per heavy atom. The minimum Gasteiger partial charge on any atom is -0.447 e. The fourth-order valence-electron chi connectivity index (χ4n) is 5.12. The van der Waals surface area contributed by atoms with Crippen LogP contribution in [-0.4, -0.2) is 119 Å². The maximum absolute atomic E-state index is 11.2. The number of primary amides is 1. The van der Waals surface area contributed by atoms with Crippen LogP contribution in [0.25, 0.3) is 0 Å². The van der Waals surface area contributed by atoms with E-state index < -0.39 is 91.3 Å². The highest BCUT2D eigenvalue weighted by molar-refractivity contribution is 5.64. The Balaban J connectivity index is 1.70. The molecule has 1 aliphatic carbocycles. The molecule has 0 bridgehead atoms. The van der Waals surface area contributed by atoms with E-state index in [1.54, 1.807) is 0 Å². The van der Waals surface area contributed by atoms with Gasteiger partial charge in [-0.15, -0.1) is 0 Å². The van der Waals surface area contributed by atoms with E-state index in [1.807, 2.05) is 0 Å². The number of nitrogens with two attached hydrogens (primary N) is 6. The summed E-state index contributed by atoms with van der Waals surface area (Å²) in [6, 6.07) is -2.99. The molecule has 0 aromatic rings. The van der Waals surface area contributed by atoms with Crippen LogP contribution in [-0.2, 0) is 18.9 Å². The molecule has 15 heteroatoms. The minimum atomic E-state index is -1.31. The van der Waals surface area contributed by atoms with E-state index in [9.17, 15) is 25.2 Å². The maximum atomic E-state index is 11.2. The predicted octanol–water partition coefficient (Wildman–Crippen LogP) is -5.53. The smallest absolute Gasteiger partial charge is 0.404 e. The summed E-state index contributed by atoms with van der Waals surface area (Å²) >= 11 is 0. The van der Waals surface area contributed by atoms with Gasteiger partial charge in [-0.2, -0.15) is 0 Å². The van der Waals surface area contributed by atoms with Crippen molar-refractivity contribution in [1.82, 2.24) is 0 Å². The molecule has 2 saturated heterocycles. The molecule has 204 valence electrons. The number of aliphatic hydroxyl groups excluding tert-OH is 4. The van der Waals surface area contributed by atoms with Gasteiger partial charge >= 0.3 is 6.09 Å². The van der Waals surface area contributed by atoms with Crippen molar-refractivity contribution in [2.24, 2.45) is 40.3 Å². The number of rotatable bonds is 7. The standard InChI is InChI=1S/C20H40N6O9/c21-4-12-10(27)3-9(24)19(34-12)35-18-8(23)2-7(22)6(15(18)28)1-11-16(29)14(25)17(30)13(33-11)5-32-20(26)31/h6-19,27-30H,1-5,21-25H2,(H2,26,31)/t6-,7-,8+,9-,10+,11+,12-,13+,14-,15+,16-,17+,18+,19+/m0/s1. The summed E-state index contributed by atoms with van der Waals surface area (Å²) in [5.41, 5.74) is 35.2. The highest BCUT2D eigenvalue weighted by Gasteiger charge is 2.49. The van der Waals surface area contributed by atoms with Crippen molar-refractivity contribution in [2.45, 2.75) is 98.6 Å². The molecule has 3 rings (SSSR count). The van der Waals surface area contributed by atoms with Gasteiger partial charge < -0.3 is 73.8 Å². The first-order valence-electron chi connectivity index (χ1n) is 11.8. The Hall–Kier alpha value is -1.21. The second-order valence-electron chi connectivity index (χ2n) is 9.70. The molecule has 2 aliphatic heterocycles. The number of carbonyl (C=O) groups is 1. The predicted molar refractivity (Wildman–Crippen MR) is 120 cm³/mol. The molecule has 35 heavy (non-hydrogen) atoms. The van der Waals surface area contributed by atoms with Crippen molar-refractivity contribution >= 4 is 6.09 Å². The third kappa shape index (κ3) is 6.38. The number of hydrogen-bond donors (Lipinski definition) is 10. The Morgan fingerprint density at radius 2 is 1.51 bits per heavy atom. The van der Waals surface area contributed by atoms with Crippen LogP contribution < -0.4 is 34.4 Å². The average molecular weight is 509 g/mol. The van der Waals surface area contributed by atoms with Crippen LogP contribution in [0.4, 0.5) is 4.79 Å². The van der Waals surface area contributed by atoms with Crippen molar-refractivity contribution in [3.8, 4) is 0 Å². The van der Waals surface area contributed by atoms with Gasteiger partial charge in [0.2, 0.25) is 0 Å². The van der Waals surface area contributed by atoms with E-state index in [1.165, 1.54) is 0 Å². The zero-order valence-electron chi connectivity index (χ0n) is 19.4. The van der Waals surface area contributed by atoms with E-state index in [0.29, 0.717) is 0 Å². The third-order valence-electron chi connectivity index (χ3n) is 7.21. The second kappa shape index (κ2) is 11.9. The Labute approximate surface area is 202 Å². The molecule has 0 radical (unpaired) electrons. The summed E-state index contributed by atoms with van der Waals surface area (Å²) < 4.78 is 22.2. The van der Waals surface area contributed by atoms with Crippen LogP contribution in [0, 0.1) is 5.92 Å². The molecule has 0 unspecified atom stereocenters. The average Bonchev–Trinajstić information content (AvgIpc) is 2.79. The van der Waals surface area contributed by atoms with Gasteiger partial charge in [-0.1, -0.05) is 0 Å². The summed E-state index contributed by atoms with van der Waals surface area (Å²) in [6.07, 6.45) is -9.68. The molecule has 0 aromatic heterocycles. The van der Waals surface area contributed by atoms with Crippen LogP contribution in [0.3, 0.4) is 0 Å². The lowest BCUT2D eigenvalue weighted by molar-refractivity contribution is -0.267. The number of amides is 1. The van der Waals surface area contributed by atoms with Gasteiger partial charge in [-0.3, -0.25) is 0 Å². The minimum absolute atomic E-state index is 0.0469. The maximum Gasteiger partial charge on any atom is 0.404 e. The van der Waals surface area contributed by atoms with E-state index in [-0.39, 0.29) is 32.4 Å². The van der Waals surface area contributed by atoms with Gasteiger partial charge in [-0.05, 0) is 19.3 Å². The molecule has 16 N–H and O–H groups in total. The fourth-order valence-corrected chi connectivity index (χ4v) is 5.12.